The molecule has 0 radical (unpaired) electrons. The van der Waals surface area contributed by atoms with Crippen molar-refractivity contribution < 1.29 is 72.1 Å². The van der Waals surface area contributed by atoms with Crippen LogP contribution < -0.4 is 21.7 Å². The van der Waals surface area contributed by atoms with Crippen LogP contribution in [0, 0.1) is 47.3 Å². The van der Waals surface area contributed by atoms with E-state index in [4.69, 9.17) is 15.2 Å². The molecule has 586 valence electrons. The molecule has 2 aromatic carbocycles. The second-order valence-electron chi connectivity index (χ2n) is 30.3. The third kappa shape index (κ3) is 24.8. The van der Waals surface area contributed by atoms with Gasteiger partial charge in [0.05, 0.1) is 35.7 Å². The Morgan fingerprint density at radius 2 is 1.43 bits per heavy atom. The summed E-state index contributed by atoms with van der Waals surface area (Å²) >= 11 is 1.51. The number of methoxy groups -OCH3 is 1. The Kier molecular flexibility index (Phi) is 34.9. The van der Waals surface area contributed by atoms with Crippen LogP contribution in [0.2, 0.25) is 0 Å². The predicted molar refractivity (Wildman–Crippen MR) is 404 cm³/mol. The summed E-state index contributed by atoms with van der Waals surface area (Å²) in [4.78, 5) is 180. The molecular weight excluding hydrogens is 1370 g/mol. The molecule has 3 aliphatic rings. The Labute approximate surface area is 630 Å². The van der Waals surface area contributed by atoms with E-state index < -0.39 is 95.7 Å². The molecule has 0 bridgehead atoms. The maximum Gasteiger partial charge on any atom is 0.411 e. The second-order valence-corrected chi connectivity index (χ2v) is 31.3. The lowest BCUT2D eigenvalue weighted by Crippen LogP contribution is -2.54. The van der Waals surface area contributed by atoms with Crippen molar-refractivity contribution >= 4 is 87.8 Å². The zero-order chi connectivity index (χ0) is 78.1. The smallest absolute Gasteiger partial charge is 0.411 e. The highest BCUT2D eigenvalue weighted by molar-refractivity contribution is 7.09. The van der Waals surface area contributed by atoms with Gasteiger partial charge < -0.3 is 60.8 Å². The Bertz CT molecular complexity index is 3390. The molecule has 1 unspecified atom stereocenters. The first-order chi connectivity index (χ1) is 50.4. The standard InChI is InChI=1S/C79H119N11O15S/c1-14-52(8)72(65(104-13)47-69(98)89-37-22-26-61(89)60(48-91)53(9)62(92)45-57(75-81-35-42-106-75)43-54-23-17-15-18-24-54)86(11)76(100)59(49(2)3)46-64(94)71(51(6)7)87(12)79(103)105-73(77(101)88-40-38-85(10)39-41-88)55-28-30-58(31-29-55)83-74(99)56(25-21-34-82-78(80)102)44-63(93)70(50(4)5)84-66(95)27-19-16-20-36-90-67(96)32-33-68(90)97/h15,17-18,23-24,28-31,35,42,49-53,56-57,59-61,65,70-73,91H,14,16,19-22,25-27,32-34,36-41,43-48H2,1-13H3,(H,83,99)(H,84,95)(H3,80,82,102)/t52-,53+,56+,57+,59-,60+,61-,65+,70-,71-,72-,73?/m0/s1. The Morgan fingerprint density at radius 1 is 0.764 bits per heavy atom. The minimum absolute atomic E-state index is 0.0108. The molecule has 3 fully saturated rings. The summed E-state index contributed by atoms with van der Waals surface area (Å²) in [6.07, 6.45) is 3.15. The molecule has 0 aliphatic carbocycles. The normalized spacial score (nSPS) is 18.1. The quantitative estimate of drug-likeness (QED) is 0.0261. The minimum Gasteiger partial charge on any atom is -0.431 e. The molecule has 1 aromatic heterocycles. The van der Waals surface area contributed by atoms with Gasteiger partial charge in [-0.3, -0.25) is 52.8 Å². The van der Waals surface area contributed by atoms with E-state index in [-0.39, 0.29) is 147 Å². The highest BCUT2D eigenvalue weighted by Gasteiger charge is 2.45. The van der Waals surface area contributed by atoms with E-state index in [1.807, 2.05) is 77.4 Å². The monoisotopic (exact) mass is 1490 g/mol. The number of carbonyl (C=O) groups is 12. The van der Waals surface area contributed by atoms with Gasteiger partial charge in [-0.25, -0.2) is 14.6 Å². The number of urea groups is 1. The average molecular weight is 1490 g/mol. The van der Waals surface area contributed by atoms with Gasteiger partial charge in [0.2, 0.25) is 41.5 Å². The van der Waals surface area contributed by atoms with Gasteiger partial charge in [0.1, 0.15) is 5.78 Å². The molecule has 26 nitrogen and oxygen atoms in total. The number of piperazine rings is 1. The van der Waals surface area contributed by atoms with Crippen molar-refractivity contribution in [3.05, 3.63) is 82.3 Å². The van der Waals surface area contributed by atoms with Gasteiger partial charge in [-0.1, -0.05) is 118 Å². The highest BCUT2D eigenvalue weighted by atomic mass is 32.1. The number of Topliss-reactive ketones (excluding diaryl/α,β-unsaturated/α-hetero) is 3. The van der Waals surface area contributed by atoms with Crippen LogP contribution in [0.25, 0.3) is 0 Å². The largest absolute Gasteiger partial charge is 0.431 e. The lowest BCUT2D eigenvalue weighted by molar-refractivity contribution is -0.148. The number of carbonyl (C=O) groups excluding carboxylic acids is 12. The Balaban J connectivity index is 1.13. The van der Waals surface area contributed by atoms with Crippen LogP contribution in [0.15, 0.2) is 66.2 Å². The molecule has 4 heterocycles. The van der Waals surface area contributed by atoms with Crippen molar-refractivity contribution in [3.63, 3.8) is 0 Å². The zero-order valence-corrected chi connectivity index (χ0v) is 65.6. The van der Waals surface area contributed by atoms with Crippen LogP contribution in [-0.4, -0.2) is 221 Å². The summed E-state index contributed by atoms with van der Waals surface area (Å²) in [5, 5.41) is 22.0. The first-order valence-electron chi connectivity index (χ1n) is 38.1. The van der Waals surface area contributed by atoms with Crippen LogP contribution in [0.1, 0.15) is 187 Å². The summed E-state index contributed by atoms with van der Waals surface area (Å²) in [7, 11) is 6.54. The van der Waals surface area contributed by atoms with Gasteiger partial charge in [-0.2, -0.15) is 0 Å². The number of ketones is 3. The van der Waals surface area contributed by atoms with E-state index in [1.54, 1.807) is 67.8 Å². The van der Waals surface area contributed by atoms with Crippen LogP contribution in [0.3, 0.4) is 0 Å². The van der Waals surface area contributed by atoms with E-state index in [1.165, 1.54) is 47.4 Å². The topological polar surface area (TPSA) is 338 Å². The van der Waals surface area contributed by atoms with Crippen molar-refractivity contribution in [2.45, 2.75) is 207 Å². The van der Waals surface area contributed by atoms with Gasteiger partial charge in [0.25, 0.3) is 5.91 Å². The number of hydrogen-bond donors (Lipinski definition) is 5. The number of imide groups is 1. The molecule has 106 heavy (non-hydrogen) atoms. The molecule has 10 amide bonds. The van der Waals surface area contributed by atoms with E-state index in [9.17, 15) is 57.8 Å². The van der Waals surface area contributed by atoms with Gasteiger partial charge in [0.15, 0.2) is 11.6 Å². The molecule has 3 aromatic rings. The number of ether oxygens (including phenoxy) is 2. The molecule has 12 atom stereocenters. The molecule has 0 spiro atoms. The minimum atomic E-state index is -1.51. The lowest BCUT2D eigenvalue weighted by atomic mass is 9.80. The van der Waals surface area contributed by atoms with E-state index >= 15 is 4.79 Å². The first kappa shape index (κ1) is 86.9. The maximum atomic E-state index is 15.2. The number of aromatic nitrogens is 1. The molecule has 3 aliphatic heterocycles. The third-order valence-electron chi connectivity index (χ3n) is 21.7. The fourth-order valence-electron chi connectivity index (χ4n) is 15.1. The highest BCUT2D eigenvalue weighted by Crippen LogP contribution is 2.36. The van der Waals surface area contributed by atoms with Crippen molar-refractivity contribution in [2.24, 2.45) is 53.1 Å². The molecule has 27 heteroatoms. The number of benzene rings is 2. The maximum absolute atomic E-state index is 15.2. The number of nitrogens with two attached hydrogens (primary N) is 1. The van der Waals surface area contributed by atoms with Crippen molar-refractivity contribution in [1.29, 1.82) is 0 Å². The number of aliphatic hydroxyl groups excluding tert-OH is 1. The van der Waals surface area contributed by atoms with Crippen LogP contribution in [0.4, 0.5) is 15.3 Å². The second kappa shape index (κ2) is 42.5. The van der Waals surface area contributed by atoms with Crippen molar-refractivity contribution in [1.82, 2.24) is 45.0 Å². The number of thiazole rings is 1. The van der Waals surface area contributed by atoms with E-state index in [2.05, 4.69) is 25.8 Å². The SMILES string of the molecule is CC[C@H](C)[C@@H]([C@@H](CC(=O)N1CCC[C@H]1[C@H](CO)[C@@H](C)C(=O)C[C@@H](Cc1ccccc1)c1nccs1)OC)N(C)C(=O)[C@@H](CC(=O)[C@H](C(C)C)N(C)C(=O)OC(C(=O)N1CCN(C)CC1)c1ccc(NC(=O)[C@H](CCCNC(N)=O)CC(=O)[C@@H](NC(=O)CCCCCN2C(=O)CCC2=O)C(C)C)cc1)C(C)C. The van der Waals surface area contributed by atoms with Crippen LogP contribution in [-0.2, 0) is 63.8 Å². The predicted octanol–water partition coefficient (Wildman–Crippen LogP) is 8.59. The van der Waals surface area contributed by atoms with E-state index in [0.29, 0.717) is 84.2 Å². The van der Waals surface area contributed by atoms with Crippen LogP contribution in [0.5, 0.6) is 0 Å². The summed E-state index contributed by atoms with van der Waals surface area (Å²) in [5.74, 6) is -7.62. The lowest BCUT2D eigenvalue weighted by Gasteiger charge is -2.41. The number of unbranched alkanes of at least 4 members (excludes halogenated alkanes) is 2. The summed E-state index contributed by atoms with van der Waals surface area (Å²) in [6.45, 7) is 19.0. The fraction of sp³-hybridized carbons (Fsp3) is 0.658. The number of likely N-dealkylation sites (tertiary alicyclic amines) is 2. The number of primary amides is 1. The number of anilines is 1. The average Bonchev–Trinajstić information content (AvgIpc) is 1.09. The number of nitrogens with one attached hydrogen (secondary N) is 3. The molecule has 6 rings (SSSR count). The summed E-state index contributed by atoms with van der Waals surface area (Å²) in [6, 6.07) is 12.3. The number of amides is 10. The van der Waals surface area contributed by atoms with Gasteiger partial charge in [-0.05, 0) is 93.4 Å². The number of rotatable bonds is 43. The number of hydrogen-bond acceptors (Lipinski definition) is 18. The van der Waals surface area contributed by atoms with Gasteiger partial charge >= 0.3 is 12.1 Å². The molecular formula is C79H119N11O15S. The van der Waals surface area contributed by atoms with Crippen LogP contribution >= 0.6 is 11.3 Å². The van der Waals surface area contributed by atoms with Gasteiger partial charge in [0, 0.05) is 171 Å². The first-order valence-corrected chi connectivity index (χ1v) is 39.0. The summed E-state index contributed by atoms with van der Waals surface area (Å²) in [5.41, 5.74) is 6.95. The fourth-order valence-corrected chi connectivity index (χ4v) is 15.9. The summed E-state index contributed by atoms with van der Waals surface area (Å²) < 4.78 is 12.4. The Morgan fingerprint density at radius 3 is 2.02 bits per heavy atom. The number of nitrogens with zero attached hydrogens (tertiary/aromatic N) is 7. The van der Waals surface area contributed by atoms with Gasteiger partial charge in [-0.15, -0.1) is 11.3 Å². The van der Waals surface area contributed by atoms with Crippen molar-refractivity contribution in [3.8, 4) is 0 Å². The third-order valence-corrected chi connectivity index (χ3v) is 22.6. The molecule has 0 saturated carbocycles. The number of likely N-dealkylation sites (N-methyl/N-ethyl adjacent to an activating group) is 3. The zero-order valence-electron chi connectivity index (χ0n) is 64.8. The Hall–Kier alpha value is -8.01. The molecule has 3 saturated heterocycles. The van der Waals surface area contributed by atoms with Crippen molar-refractivity contribution in [2.75, 3.05) is 86.0 Å². The number of aliphatic hydroxyl groups is 1. The molecule has 6 N–H and O–H groups in total. The van der Waals surface area contributed by atoms with E-state index in [0.717, 1.165) is 10.6 Å².